The number of rotatable bonds is 6. The standard InChI is InChI=1S/C26H42O5/c1-16(6-9-22(28)29)18-7-8-19-23-20(10-11-25(18,19)3)24(2)12-13-26(30-4,31-5)15-17(24)14-21(23)27/h16-20,23H,6-15H2,1-5H3,(H,28,29)/t16-,17?,18?,19?,20?,23?,24+,25-/m1/s1. The van der Waals surface area contributed by atoms with Crippen molar-refractivity contribution in [1.29, 1.82) is 0 Å². The van der Waals surface area contributed by atoms with Gasteiger partial charge < -0.3 is 14.6 Å². The lowest BCUT2D eigenvalue weighted by atomic mass is 9.44. The van der Waals surface area contributed by atoms with Crippen LogP contribution in [-0.2, 0) is 19.1 Å². The van der Waals surface area contributed by atoms with Gasteiger partial charge in [-0.15, -0.1) is 0 Å². The first-order valence-electron chi connectivity index (χ1n) is 12.4. The second kappa shape index (κ2) is 8.13. The Labute approximate surface area is 187 Å². The Morgan fingerprint density at radius 1 is 1.06 bits per heavy atom. The Balaban J connectivity index is 1.56. The molecule has 1 N–H and O–H groups in total. The van der Waals surface area contributed by atoms with Crippen molar-refractivity contribution >= 4 is 11.8 Å². The average molecular weight is 435 g/mol. The SMILES string of the molecule is COC1(OC)CC[C@@]2(C)C(CC(=O)C3C2CC[C@@]2(C)C3CCC2[C@H](C)CCC(=O)O)C1. The molecule has 0 aromatic heterocycles. The first kappa shape index (κ1) is 23.2. The van der Waals surface area contributed by atoms with E-state index in [1.165, 1.54) is 6.42 Å². The zero-order valence-corrected chi connectivity index (χ0v) is 20.1. The molecule has 0 spiro atoms. The van der Waals surface area contributed by atoms with Crippen molar-refractivity contribution in [3.63, 3.8) is 0 Å². The predicted octanol–water partition coefficient (Wildman–Crippen LogP) is 5.31. The van der Waals surface area contributed by atoms with Gasteiger partial charge in [0.15, 0.2) is 5.79 Å². The Kier molecular flexibility index (Phi) is 6.09. The van der Waals surface area contributed by atoms with Crippen LogP contribution in [0, 0.1) is 46.3 Å². The lowest BCUT2D eigenvalue weighted by Gasteiger charge is -2.61. The van der Waals surface area contributed by atoms with Gasteiger partial charge in [-0.25, -0.2) is 0 Å². The van der Waals surface area contributed by atoms with Gasteiger partial charge in [0.2, 0.25) is 0 Å². The summed E-state index contributed by atoms with van der Waals surface area (Å²) in [6.45, 7) is 7.11. The van der Waals surface area contributed by atoms with E-state index in [9.17, 15) is 9.59 Å². The van der Waals surface area contributed by atoms with Crippen LogP contribution in [0.25, 0.3) is 0 Å². The van der Waals surface area contributed by atoms with Crippen molar-refractivity contribution in [2.24, 2.45) is 46.3 Å². The van der Waals surface area contributed by atoms with E-state index in [2.05, 4.69) is 20.8 Å². The summed E-state index contributed by atoms with van der Waals surface area (Å²) in [5.41, 5.74) is 0.364. The van der Waals surface area contributed by atoms with Crippen molar-refractivity contribution in [3.8, 4) is 0 Å². The molecule has 176 valence electrons. The summed E-state index contributed by atoms with van der Waals surface area (Å²) in [6, 6.07) is 0. The quantitative estimate of drug-likeness (QED) is 0.573. The van der Waals surface area contributed by atoms with Gasteiger partial charge in [-0.1, -0.05) is 20.8 Å². The fraction of sp³-hybridized carbons (Fsp3) is 0.923. The third-order valence-electron chi connectivity index (χ3n) is 10.8. The van der Waals surface area contributed by atoms with Crippen molar-refractivity contribution in [2.75, 3.05) is 14.2 Å². The topological polar surface area (TPSA) is 72.8 Å². The lowest BCUT2D eigenvalue weighted by Crippen LogP contribution is -2.59. The lowest BCUT2D eigenvalue weighted by molar-refractivity contribution is -0.258. The number of Topliss-reactive ketones (excluding diaryl/α,β-unsaturated/α-hetero) is 1. The minimum atomic E-state index is -0.697. The maximum absolute atomic E-state index is 13.6. The summed E-state index contributed by atoms with van der Waals surface area (Å²) in [5.74, 6) is 1.66. The highest BCUT2D eigenvalue weighted by Gasteiger charge is 2.64. The first-order chi connectivity index (χ1) is 14.6. The minimum Gasteiger partial charge on any atom is -0.481 e. The van der Waals surface area contributed by atoms with Crippen molar-refractivity contribution in [1.82, 2.24) is 0 Å². The fourth-order valence-corrected chi connectivity index (χ4v) is 8.86. The molecule has 8 atom stereocenters. The van der Waals surface area contributed by atoms with Crippen molar-refractivity contribution in [2.45, 2.75) is 90.8 Å². The molecule has 0 radical (unpaired) electrons. The molecule has 0 heterocycles. The summed E-state index contributed by atoms with van der Waals surface area (Å²) < 4.78 is 11.6. The molecule has 31 heavy (non-hydrogen) atoms. The van der Waals surface area contributed by atoms with Gasteiger partial charge in [-0.2, -0.15) is 0 Å². The molecular weight excluding hydrogens is 392 g/mol. The minimum absolute atomic E-state index is 0.176. The van der Waals surface area contributed by atoms with Gasteiger partial charge in [-0.05, 0) is 78.9 Å². The van der Waals surface area contributed by atoms with Crippen LogP contribution in [-0.4, -0.2) is 36.9 Å². The Bertz CT molecular complexity index is 715. The highest BCUT2D eigenvalue weighted by Crippen LogP contribution is 2.68. The van der Waals surface area contributed by atoms with Crippen LogP contribution in [0.4, 0.5) is 0 Å². The molecule has 4 rings (SSSR count). The molecular formula is C26H42O5. The second-order valence-corrected chi connectivity index (χ2v) is 11.8. The van der Waals surface area contributed by atoms with E-state index in [0.29, 0.717) is 41.8 Å². The molecule has 4 saturated carbocycles. The van der Waals surface area contributed by atoms with Crippen LogP contribution in [0.1, 0.15) is 85.0 Å². The molecule has 0 aliphatic heterocycles. The highest BCUT2D eigenvalue weighted by molar-refractivity contribution is 5.83. The number of ether oxygens (including phenoxy) is 2. The van der Waals surface area contributed by atoms with Gasteiger partial charge in [0.1, 0.15) is 5.78 Å². The van der Waals surface area contributed by atoms with Gasteiger partial charge in [0, 0.05) is 45.8 Å². The van der Waals surface area contributed by atoms with Crippen LogP contribution >= 0.6 is 0 Å². The maximum atomic E-state index is 13.6. The molecule has 0 amide bonds. The van der Waals surface area contributed by atoms with Gasteiger partial charge in [0.05, 0.1) is 0 Å². The van der Waals surface area contributed by atoms with E-state index in [4.69, 9.17) is 14.6 Å². The zero-order chi connectivity index (χ0) is 22.6. The molecule has 0 aromatic carbocycles. The van der Waals surface area contributed by atoms with Gasteiger partial charge in [0.25, 0.3) is 0 Å². The molecule has 0 saturated heterocycles. The molecule has 4 aliphatic carbocycles. The van der Waals surface area contributed by atoms with Gasteiger partial charge in [-0.3, -0.25) is 9.59 Å². The van der Waals surface area contributed by atoms with Crippen LogP contribution in [0.3, 0.4) is 0 Å². The number of aliphatic carboxylic acids is 1. The first-order valence-corrected chi connectivity index (χ1v) is 12.4. The summed E-state index contributed by atoms with van der Waals surface area (Å²) in [4.78, 5) is 24.7. The molecule has 4 aliphatic rings. The summed E-state index contributed by atoms with van der Waals surface area (Å²) in [5, 5.41) is 9.14. The number of carbonyl (C=O) groups is 2. The Morgan fingerprint density at radius 2 is 1.74 bits per heavy atom. The van der Waals surface area contributed by atoms with E-state index in [-0.39, 0.29) is 23.2 Å². The molecule has 4 fully saturated rings. The van der Waals surface area contributed by atoms with E-state index < -0.39 is 11.8 Å². The molecule has 0 aromatic rings. The molecule has 0 bridgehead atoms. The maximum Gasteiger partial charge on any atom is 0.303 e. The van der Waals surface area contributed by atoms with Crippen LogP contribution in [0.5, 0.6) is 0 Å². The van der Waals surface area contributed by atoms with E-state index in [0.717, 1.165) is 44.9 Å². The van der Waals surface area contributed by atoms with E-state index in [1.807, 2.05) is 0 Å². The van der Waals surface area contributed by atoms with Gasteiger partial charge >= 0.3 is 5.97 Å². The summed E-state index contributed by atoms with van der Waals surface area (Å²) in [7, 11) is 3.46. The van der Waals surface area contributed by atoms with E-state index in [1.54, 1.807) is 14.2 Å². The second-order valence-electron chi connectivity index (χ2n) is 11.8. The average Bonchev–Trinajstić information content (AvgIpc) is 3.09. The largest absolute Gasteiger partial charge is 0.481 e. The number of ketones is 1. The number of fused-ring (bicyclic) bond motifs is 5. The number of carbonyl (C=O) groups excluding carboxylic acids is 1. The Morgan fingerprint density at radius 3 is 2.39 bits per heavy atom. The zero-order valence-electron chi connectivity index (χ0n) is 20.1. The third-order valence-corrected chi connectivity index (χ3v) is 10.8. The summed E-state index contributed by atoms with van der Waals surface area (Å²) in [6.07, 6.45) is 9.05. The Hall–Kier alpha value is -0.940. The van der Waals surface area contributed by atoms with Crippen LogP contribution in [0.15, 0.2) is 0 Å². The highest BCUT2D eigenvalue weighted by atomic mass is 16.7. The number of hydrogen-bond acceptors (Lipinski definition) is 4. The third kappa shape index (κ3) is 3.58. The fourth-order valence-electron chi connectivity index (χ4n) is 8.86. The molecule has 5 unspecified atom stereocenters. The molecule has 5 nitrogen and oxygen atoms in total. The number of carboxylic acids is 1. The predicted molar refractivity (Wildman–Crippen MR) is 118 cm³/mol. The summed E-state index contributed by atoms with van der Waals surface area (Å²) >= 11 is 0. The number of hydrogen-bond donors (Lipinski definition) is 1. The van der Waals surface area contributed by atoms with Crippen LogP contribution in [0.2, 0.25) is 0 Å². The van der Waals surface area contributed by atoms with Crippen molar-refractivity contribution in [3.05, 3.63) is 0 Å². The van der Waals surface area contributed by atoms with E-state index >= 15 is 0 Å². The van der Waals surface area contributed by atoms with Crippen LogP contribution < -0.4 is 0 Å². The molecule has 5 heteroatoms. The number of methoxy groups -OCH3 is 2. The smallest absolute Gasteiger partial charge is 0.303 e. The monoisotopic (exact) mass is 434 g/mol. The normalized spacial score (nSPS) is 44.8. The number of carboxylic acid groups (broad SMARTS) is 1. The van der Waals surface area contributed by atoms with Crippen molar-refractivity contribution < 1.29 is 24.2 Å².